The molecular formula is C25H24Cl2N4O4. The van der Waals surface area contributed by atoms with E-state index in [-0.39, 0.29) is 18.3 Å². The van der Waals surface area contributed by atoms with Gasteiger partial charge in [-0.05, 0) is 49.6 Å². The molecule has 2 aromatic carbocycles. The van der Waals surface area contributed by atoms with E-state index in [9.17, 15) is 14.4 Å². The first-order valence-corrected chi connectivity index (χ1v) is 11.8. The van der Waals surface area contributed by atoms with E-state index in [1.54, 1.807) is 36.1 Å². The molecule has 8 nitrogen and oxygen atoms in total. The highest BCUT2D eigenvalue weighted by Crippen LogP contribution is 2.34. The molecule has 3 amide bonds. The van der Waals surface area contributed by atoms with Gasteiger partial charge in [0.15, 0.2) is 0 Å². The number of benzene rings is 2. The van der Waals surface area contributed by atoms with E-state index in [4.69, 9.17) is 33.7 Å². The summed E-state index contributed by atoms with van der Waals surface area (Å²) in [5.74, 6) is -1.00. The number of primary amides is 1. The largest absolute Gasteiger partial charge is 0.461 e. The summed E-state index contributed by atoms with van der Waals surface area (Å²) in [7, 11) is 0. The number of fused-ring (bicyclic) bond motifs is 1. The van der Waals surface area contributed by atoms with Gasteiger partial charge in [-0.1, -0.05) is 41.4 Å². The molecule has 0 bridgehead atoms. The maximum atomic E-state index is 12.8. The van der Waals surface area contributed by atoms with Gasteiger partial charge in [-0.2, -0.15) is 0 Å². The van der Waals surface area contributed by atoms with Crippen LogP contribution in [0.1, 0.15) is 41.4 Å². The first-order chi connectivity index (χ1) is 16.8. The first kappa shape index (κ1) is 24.6. The molecule has 10 heteroatoms. The number of hydrogen-bond acceptors (Lipinski definition) is 4. The maximum Gasteiger partial charge on any atom is 0.355 e. The monoisotopic (exact) mass is 514 g/mol. The molecule has 4 N–H and O–H groups in total. The Morgan fingerprint density at radius 1 is 1.23 bits per heavy atom. The molecule has 1 aromatic heterocycles. The summed E-state index contributed by atoms with van der Waals surface area (Å²) in [5.41, 5.74) is 7.98. The predicted molar refractivity (Wildman–Crippen MR) is 137 cm³/mol. The minimum absolute atomic E-state index is 0.137. The summed E-state index contributed by atoms with van der Waals surface area (Å²) >= 11 is 12.5. The second-order valence-corrected chi connectivity index (χ2v) is 8.96. The summed E-state index contributed by atoms with van der Waals surface area (Å²) in [6.07, 6.45) is 4.64. The van der Waals surface area contributed by atoms with Crippen LogP contribution in [0.4, 0.5) is 10.5 Å². The number of esters is 1. The van der Waals surface area contributed by atoms with Crippen molar-refractivity contribution >= 4 is 63.8 Å². The molecule has 0 saturated heterocycles. The van der Waals surface area contributed by atoms with Crippen LogP contribution in [-0.2, 0) is 16.1 Å². The van der Waals surface area contributed by atoms with E-state index in [0.717, 1.165) is 18.4 Å². The molecule has 1 fully saturated rings. The summed E-state index contributed by atoms with van der Waals surface area (Å²) in [5, 5.41) is 4.12. The van der Waals surface area contributed by atoms with E-state index in [1.807, 2.05) is 12.1 Å². The van der Waals surface area contributed by atoms with E-state index < -0.39 is 17.9 Å². The van der Waals surface area contributed by atoms with E-state index in [2.05, 4.69) is 10.3 Å². The fraction of sp³-hybridized carbons (Fsp3) is 0.240. The van der Waals surface area contributed by atoms with Crippen molar-refractivity contribution in [2.24, 2.45) is 5.73 Å². The van der Waals surface area contributed by atoms with Crippen molar-refractivity contribution in [3.05, 3.63) is 69.3 Å². The van der Waals surface area contributed by atoms with E-state index in [0.29, 0.717) is 38.7 Å². The molecule has 4 rings (SSSR count). The number of hydrogen-bond donors (Lipinski definition) is 3. The quantitative estimate of drug-likeness (QED) is 0.277. The molecular weight excluding hydrogens is 491 g/mol. The lowest BCUT2D eigenvalue weighted by molar-refractivity contribution is -0.111. The lowest BCUT2D eigenvalue weighted by atomic mass is 10.1. The predicted octanol–water partition coefficient (Wildman–Crippen LogP) is 5.35. The van der Waals surface area contributed by atoms with Crippen LogP contribution in [0.5, 0.6) is 0 Å². The van der Waals surface area contributed by atoms with Crippen LogP contribution in [-0.4, -0.2) is 40.4 Å². The van der Waals surface area contributed by atoms with Gasteiger partial charge in [0.25, 0.3) is 0 Å². The van der Waals surface area contributed by atoms with Crippen LogP contribution in [0, 0.1) is 0 Å². The summed E-state index contributed by atoms with van der Waals surface area (Å²) < 4.78 is 5.14. The second-order valence-electron chi connectivity index (χ2n) is 8.12. The minimum Gasteiger partial charge on any atom is -0.461 e. The third-order valence-corrected chi connectivity index (χ3v) is 6.14. The fourth-order valence-electron chi connectivity index (χ4n) is 3.87. The number of nitrogens with one attached hydrogen (secondary N) is 2. The van der Waals surface area contributed by atoms with Crippen molar-refractivity contribution in [3.8, 4) is 0 Å². The number of ether oxygens (including phenoxy) is 1. The smallest absolute Gasteiger partial charge is 0.355 e. The third kappa shape index (κ3) is 5.61. The Hall–Kier alpha value is -3.49. The van der Waals surface area contributed by atoms with Gasteiger partial charge in [0.2, 0.25) is 5.91 Å². The number of urea groups is 1. The van der Waals surface area contributed by atoms with Crippen LogP contribution in [0.25, 0.3) is 17.0 Å². The number of carbonyl (C=O) groups excluding carboxylic acids is 3. The molecule has 35 heavy (non-hydrogen) atoms. The topological polar surface area (TPSA) is 118 Å². The van der Waals surface area contributed by atoms with Crippen molar-refractivity contribution in [2.45, 2.75) is 32.4 Å². The number of anilines is 1. The molecule has 0 spiro atoms. The van der Waals surface area contributed by atoms with Crippen molar-refractivity contribution < 1.29 is 19.1 Å². The van der Waals surface area contributed by atoms with Crippen LogP contribution < -0.4 is 11.1 Å². The first-order valence-electron chi connectivity index (χ1n) is 11.1. The highest BCUT2D eigenvalue weighted by atomic mass is 35.5. The molecule has 0 radical (unpaired) electrons. The fourth-order valence-corrected chi connectivity index (χ4v) is 4.47. The zero-order valence-electron chi connectivity index (χ0n) is 18.9. The Balaban J connectivity index is 1.60. The van der Waals surface area contributed by atoms with Crippen molar-refractivity contribution in [1.29, 1.82) is 0 Å². The third-order valence-electron chi connectivity index (χ3n) is 5.62. The minimum atomic E-state index is -0.576. The van der Waals surface area contributed by atoms with Gasteiger partial charge < -0.3 is 25.7 Å². The van der Waals surface area contributed by atoms with E-state index in [1.165, 1.54) is 12.2 Å². The van der Waals surface area contributed by atoms with Crippen LogP contribution in [0.2, 0.25) is 10.0 Å². The lowest BCUT2D eigenvalue weighted by Crippen LogP contribution is -2.37. The van der Waals surface area contributed by atoms with Crippen molar-refractivity contribution in [2.75, 3.05) is 11.9 Å². The lowest BCUT2D eigenvalue weighted by Gasteiger charge is -2.21. The number of nitrogens with zero attached hydrogens (tertiary/aromatic N) is 1. The molecule has 3 aromatic rings. The van der Waals surface area contributed by atoms with Crippen LogP contribution in [0.3, 0.4) is 0 Å². The number of para-hydroxylation sites is 1. The Morgan fingerprint density at radius 3 is 2.66 bits per heavy atom. The summed E-state index contributed by atoms with van der Waals surface area (Å²) in [6, 6.07) is 10.1. The van der Waals surface area contributed by atoms with Gasteiger partial charge in [-0.3, -0.25) is 4.79 Å². The number of aromatic nitrogens is 1. The van der Waals surface area contributed by atoms with Crippen LogP contribution >= 0.6 is 23.2 Å². The molecule has 0 atom stereocenters. The van der Waals surface area contributed by atoms with Crippen LogP contribution in [0.15, 0.2) is 42.5 Å². The number of H-pyrrole nitrogens is 1. The summed E-state index contributed by atoms with van der Waals surface area (Å²) in [4.78, 5) is 41.8. The highest BCUT2D eigenvalue weighted by Gasteiger charge is 2.31. The van der Waals surface area contributed by atoms with Gasteiger partial charge >= 0.3 is 12.0 Å². The van der Waals surface area contributed by atoms with Crippen molar-refractivity contribution in [3.63, 3.8) is 0 Å². The van der Waals surface area contributed by atoms with Gasteiger partial charge in [-0.15, -0.1) is 0 Å². The number of nitrogens with two attached hydrogens (primary N) is 1. The standard InChI is InChI=1S/C25H24Cl2N4O4/c1-2-35-24(33)23-17(22-18(27)11-15(26)12-20(22)30-23)9-10-21(32)29-19-6-4-3-5-14(19)13-31(25(28)34)16-7-8-16/h3-6,9-12,16,30H,2,7-8,13H2,1H3,(H2,28,34)(H,29,32)/b10-9+. The maximum absolute atomic E-state index is 12.8. The molecule has 182 valence electrons. The average molecular weight is 515 g/mol. The molecule has 1 aliphatic rings. The SMILES string of the molecule is CCOC(=O)c1[nH]c2cc(Cl)cc(Cl)c2c1/C=C/C(=O)Nc1ccccc1CN(C(N)=O)C1CC1. The van der Waals surface area contributed by atoms with Gasteiger partial charge in [0, 0.05) is 45.8 Å². The normalized spacial score (nSPS) is 13.2. The Labute approximate surface area is 212 Å². The Morgan fingerprint density at radius 2 is 1.97 bits per heavy atom. The zero-order chi connectivity index (χ0) is 25.1. The Kier molecular flexibility index (Phi) is 7.33. The molecule has 1 saturated carbocycles. The average Bonchev–Trinajstić information content (AvgIpc) is 3.57. The molecule has 1 heterocycles. The summed E-state index contributed by atoms with van der Waals surface area (Å²) in [6.45, 7) is 2.19. The second kappa shape index (κ2) is 10.4. The van der Waals surface area contributed by atoms with Gasteiger partial charge in [0.05, 0.1) is 11.6 Å². The van der Waals surface area contributed by atoms with Gasteiger partial charge in [0.1, 0.15) is 5.69 Å². The number of amides is 3. The number of halogens is 2. The molecule has 0 unspecified atom stereocenters. The zero-order valence-corrected chi connectivity index (χ0v) is 20.4. The number of rotatable bonds is 8. The van der Waals surface area contributed by atoms with Crippen molar-refractivity contribution in [1.82, 2.24) is 9.88 Å². The highest BCUT2D eigenvalue weighted by molar-refractivity contribution is 6.39. The van der Waals surface area contributed by atoms with Gasteiger partial charge in [-0.25, -0.2) is 9.59 Å². The van der Waals surface area contributed by atoms with E-state index >= 15 is 0 Å². The number of carbonyl (C=O) groups is 3. The molecule has 0 aliphatic heterocycles. The Bertz CT molecular complexity index is 1330. The number of aromatic amines is 1. The molecule has 1 aliphatic carbocycles.